The van der Waals surface area contributed by atoms with Gasteiger partial charge in [0, 0.05) is 11.7 Å². The average molecular weight is 287 g/mol. The van der Waals surface area contributed by atoms with Crippen molar-refractivity contribution >= 4 is 34.8 Å². The number of rotatable bonds is 4. The van der Waals surface area contributed by atoms with Crippen molar-refractivity contribution < 1.29 is 4.79 Å². The van der Waals surface area contributed by atoms with E-state index < -0.39 is 0 Å². The zero-order valence-corrected chi connectivity index (χ0v) is 11.7. The molecule has 1 fully saturated rings. The number of nitrogens with two attached hydrogens (primary N) is 1. The third kappa shape index (κ3) is 3.30. The van der Waals surface area contributed by atoms with Gasteiger partial charge in [0.25, 0.3) is 5.91 Å². The van der Waals surface area contributed by atoms with Gasteiger partial charge < -0.3 is 11.1 Å². The molecule has 0 bridgehead atoms. The summed E-state index contributed by atoms with van der Waals surface area (Å²) in [7, 11) is 0. The van der Waals surface area contributed by atoms with Crippen molar-refractivity contribution in [1.82, 2.24) is 5.32 Å². The third-order valence-electron chi connectivity index (χ3n) is 3.06. The van der Waals surface area contributed by atoms with Crippen LogP contribution in [0.2, 0.25) is 10.0 Å². The molecule has 1 unspecified atom stereocenters. The van der Waals surface area contributed by atoms with Crippen LogP contribution in [0.1, 0.15) is 36.5 Å². The third-order valence-corrected chi connectivity index (χ3v) is 3.86. The summed E-state index contributed by atoms with van der Waals surface area (Å²) in [6.45, 7) is 2.00. The lowest BCUT2D eigenvalue weighted by atomic mass is 10.1. The van der Waals surface area contributed by atoms with E-state index >= 15 is 0 Å². The van der Waals surface area contributed by atoms with Gasteiger partial charge in [-0.1, -0.05) is 36.0 Å². The van der Waals surface area contributed by atoms with E-state index in [1.807, 2.05) is 6.92 Å². The van der Waals surface area contributed by atoms with Crippen LogP contribution in [-0.2, 0) is 0 Å². The monoisotopic (exact) mass is 286 g/mol. The minimum absolute atomic E-state index is 0.140. The SMILES string of the molecule is CC(CC1CC1)NC(=O)c1cc(N)cc(Cl)c1Cl. The number of nitrogen functional groups attached to an aromatic ring is 1. The molecule has 0 aliphatic heterocycles. The van der Waals surface area contributed by atoms with Crippen LogP contribution in [-0.4, -0.2) is 11.9 Å². The van der Waals surface area contributed by atoms with Crippen molar-refractivity contribution in [3.8, 4) is 0 Å². The normalized spacial score (nSPS) is 16.4. The minimum Gasteiger partial charge on any atom is -0.399 e. The van der Waals surface area contributed by atoms with Gasteiger partial charge in [0.05, 0.1) is 15.6 Å². The van der Waals surface area contributed by atoms with Crippen molar-refractivity contribution in [3.05, 3.63) is 27.7 Å². The van der Waals surface area contributed by atoms with E-state index in [1.165, 1.54) is 18.9 Å². The Morgan fingerprint density at radius 2 is 2.17 bits per heavy atom. The van der Waals surface area contributed by atoms with Crippen LogP contribution < -0.4 is 11.1 Å². The number of benzene rings is 1. The van der Waals surface area contributed by atoms with Crippen LogP contribution in [0.5, 0.6) is 0 Å². The molecule has 1 aromatic rings. The Balaban J connectivity index is 2.07. The van der Waals surface area contributed by atoms with E-state index in [4.69, 9.17) is 28.9 Å². The first-order chi connectivity index (χ1) is 8.47. The van der Waals surface area contributed by atoms with Crippen LogP contribution in [0.25, 0.3) is 0 Å². The molecule has 18 heavy (non-hydrogen) atoms. The molecule has 1 aliphatic rings. The molecule has 1 aliphatic carbocycles. The number of halogens is 2. The molecule has 0 radical (unpaired) electrons. The fourth-order valence-electron chi connectivity index (χ4n) is 1.99. The number of carbonyl (C=O) groups excluding carboxylic acids is 1. The van der Waals surface area contributed by atoms with Gasteiger partial charge in [-0.15, -0.1) is 0 Å². The zero-order chi connectivity index (χ0) is 13.3. The van der Waals surface area contributed by atoms with Crippen LogP contribution in [0.4, 0.5) is 5.69 Å². The maximum Gasteiger partial charge on any atom is 0.253 e. The van der Waals surface area contributed by atoms with Gasteiger partial charge in [-0.2, -0.15) is 0 Å². The number of carbonyl (C=O) groups is 1. The first-order valence-corrected chi connectivity index (χ1v) is 6.78. The van der Waals surface area contributed by atoms with Crippen molar-refractivity contribution in [2.24, 2.45) is 5.92 Å². The Morgan fingerprint density at radius 1 is 1.50 bits per heavy atom. The Morgan fingerprint density at radius 3 is 2.78 bits per heavy atom. The lowest BCUT2D eigenvalue weighted by Gasteiger charge is -2.14. The maximum absolute atomic E-state index is 12.1. The Labute approximate surface area is 117 Å². The summed E-state index contributed by atoms with van der Waals surface area (Å²) in [5.41, 5.74) is 6.44. The van der Waals surface area contributed by atoms with E-state index in [0.29, 0.717) is 16.3 Å². The topological polar surface area (TPSA) is 55.1 Å². The number of nitrogens with one attached hydrogen (secondary N) is 1. The molecule has 3 N–H and O–H groups in total. The zero-order valence-electron chi connectivity index (χ0n) is 10.2. The predicted octanol–water partition coefficient (Wildman–Crippen LogP) is 3.49. The Kier molecular flexibility index (Phi) is 4.03. The lowest BCUT2D eigenvalue weighted by molar-refractivity contribution is 0.0937. The molecule has 0 spiro atoms. The van der Waals surface area contributed by atoms with Gasteiger partial charge in [-0.3, -0.25) is 4.79 Å². The standard InChI is InChI=1S/C13H16Cl2N2O/c1-7(4-8-2-3-8)17-13(18)10-5-9(16)6-11(14)12(10)15/h5-8H,2-4,16H2,1H3,(H,17,18). The van der Waals surface area contributed by atoms with Gasteiger partial charge in [-0.05, 0) is 31.4 Å². The van der Waals surface area contributed by atoms with Crippen molar-refractivity contribution in [1.29, 1.82) is 0 Å². The van der Waals surface area contributed by atoms with E-state index in [1.54, 1.807) is 6.07 Å². The van der Waals surface area contributed by atoms with E-state index in [0.717, 1.165) is 12.3 Å². The molecule has 1 saturated carbocycles. The smallest absolute Gasteiger partial charge is 0.253 e. The molecule has 0 aromatic heterocycles. The second kappa shape index (κ2) is 5.37. The first-order valence-electron chi connectivity index (χ1n) is 6.02. The van der Waals surface area contributed by atoms with Crippen LogP contribution >= 0.6 is 23.2 Å². The lowest BCUT2D eigenvalue weighted by Crippen LogP contribution is -2.33. The Bertz CT molecular complexity index is 472. The summed E-state index contributed by atoms with van der Waals surface area (Å²) in [4.78, 5) is 12.1. The molecule has 0 heterocycles. The van der Waals surface area contributed by atoms with Crippen LogP contribution in [0.15, 0.2) is 12.1 Å². The molecule has 2 rings (SSSR count). The Hall–Kier alpha value is -0.930. The summed E-state index contributed by atoms with van der Waals surface area (Å²) in [5.74, 6) is 0.544. The summed E-state index contributed by atoms with van der Waals surface area (Å²) in [5, 5.41) is 3.48. The fraction of sp³-hybridized carbons (Fsp3) is 0.462. The number of hydrogen-bond acceptors (Lipinski definition) is 2. The first kappa shape index (κ1) is 13.5. The number of hydrogen-bond donors (Lipinski definition) is 2. The van der Waals surface area contributed by atoms with E-state index in [2.05, 4.69) is 5.32 Å². The fourth-order valence-corrected chi connectivity index (χ4v) is 2.41. The molecular formula is C13H16Cl2N2O. The molecule has 98 valence electrons. The molecule has 1 amide bonds. The minimum atomic E-state index is -0.220. The molecule has 1 atom stereocenters. The van der Waals surface area contributed by atoms with Crippen molar-refractivity contribution in [3.63, 3.8) is 0 Å². The highest BCUT2D eigenvalue weighted by Crippen LogP contribution is 2.33. The summed E-state index contributed by atoms with van der Waals surface area (Å²) in [6.07, 6.45) is 3.55. The van der Waals surface area contributed by atoms with E-state index in [9.17, 15) is 4.79 Å². The highest BCUT2D eigenvalue weighted by atomic mass is 35.5. The predicted molar refractivity (Wildman–Crippen MR) is 75.1 cm³/mol. The van der Waals surface area contributed by atoms with Gasteiger partial charge >= 0.3 is 0 Å². The van der Waals surface area contributed by atoms with E-state index in [-0.39, 0.29) is 17.0 Å². The second-order valence-electron chi connectivity index (χ2n) is 4.92. The van der Waals surface area contributed by atoms with Crippen molar-refractivity contribution in [2.45, 2.75) is 32.2 Å². The number of amides is 1. The molecular weight excluding hydrogens is 271 g/mol. The quantitative estimate of drug-likeness (QED) is 0.833. The molecule has 5 heteroatoms. The van der Waals surface area contributed by atoms with Crippen LogP contribution in [0.3, 0.4) is 0 Å². The molecule has 1 aromatic carbocycles. The summed E-state index contributed by atoms with van der Waals surface area (Å²) in [6, 6.07) is 3.23. The maximum atomic E-state index is 12.1. The summed E-state index contributed by atoms with van der Waals surface area (Å²) < 4.78 is 0. The van der Waals surface area contributed by atoms with Gasteiger partial charge in [0.15, 0.2) is 0 Å². The van der Waals surface area contributed by atoms with Gasteiger partial charge in [0.2, 0.25) is 0 Å². The second-order valence-corrected chi connectivity index (χ2v) is 5.70. The highest BCUT2D eigenvalue weighted by Gasteiger charge is 2.25. The highest BCUT2D eigenvalue weighted by molar-refractivity contribution is 6.44. The van der Waals surface area contributed by atoms with Gasteiger partial charge in [-0.25, -0.2) is 0 Å². The van der Waals surface area contributed by atoms with Crippen molar-refractivity contribution in [2.75, 3.05) is 5.73 Å². The largest absolute Gasteiger partial charge is 0.399 e. The summed E-state index contributed by atoms with van der Waals surface area (Å²) >= 11 is 11.9. The molecule has 0 saturated heterocycles. The molecule has 3 nitrogen and oxygen atoms in total. The number of anilines is 1. The van der Waals surface area contributed by atoms with Gasteiger partial charge in [0.1, 0.15) is 0 Å². The average Bonchev–Trinajstić information content (AvgIpc) is 3.06. The van der Waals surface area contributed by atoms with Crippen LogP contribution in [0, 0.1) is 5.92 Å².